The van der Waals surface area contributed by atoms with Gasteiger partial charge in [0.15, 0.2) is 0 Å². The van der Waals surface area contributed by atoms with E-state index in [1.807, 2.05) is 0 Å². The standard InChI is InChI=1S/C13H15ClN4O2/c14-10-4-1-5-11(12(10)18-8-2-7-16-18)17-13(20)15-6-3-9-19/h1-2,4-5,7-8,19H,3,6,9H2,(H2,15,17,20). The predicted molar refractivity (Wildman–Crippen MR) is 77.3 cm³/mol. The number of carbonyl (C=O) groups excluding carboxylic acids is 1. The number of nitrogens with zero attached hydrogens (tertiary/aromatic N) is 2. The first-order valence-electron chi connectivity index (χ1n) is 6.16. The Morgan fingerprint density at radius 2 is 2.25 bits per heavy atom. The van der Waals surface area contributed by atoms with Crippen LogP contribution in [0.3, 0.4) is 0 Å². The maximum atomic E-state index is 11.7. The number of anilines is 1. The zero-order valence-corrected chi connectivity index (χ0v) is 11.5. The first-order valence-corrected chi connectivity index (χ1v) is 6.54. The number of aromatic nitrogens is 2. The zero-order valence-electron chi connectivity index (χ0n) is 10.7. The number of rotatable bonds is 5. The average Bonchev–Trinajstić information content (AvgIpc) is 2.93. The summed E-state index contributed by atoms with van der Waals surface area (Å²) in [5.41, 5.74) is 1.17. The van der Waals surface area contributed by atoms with Crippen molar-refractivity contribution in [3.05, 3.63) is 41.7 Å². The van der Waals surface area contributed by atoms with Crippen LogP contribution in [0.4, 0.5) is 10.5 Å². The van der Waals surface area contributed by atoms with E-state index < -0.39 is 0 Å². The molecule has 0 spiro atoms. The molecule has 2 amide bonds. The molecule has 1 aromatic carbocycles. The number of halogens is 1. The van der Waals surface area contributed by atoms with Crippen LogP contribution in [0.15, 0.2) is 36.7 Å². The SMILES string of the molecule is O=C(NCCCO)Nc1cccc(Cl)c1-n1cccn1. The molecule has 7 heteroatoms. The van der Waals surface area contributed by atoms with Crippen LogP contribution in [0.25, 0.3) is 5.69 Å². The van der Waals surface area contributed by atoms with Gasteiger partial charge in [0.2, 0.25) is 0 Å². The molecule has 0 aliphatic rings. The van der Waals surface area contributed by atoms with Crippen molar-refractivity contribution in [3.63, 3.8) is 0 Å². The van der Waals surface area contributed by atoms with Gasteiger partial charge in [0.25, 0.3) is 0 Å². The Bertz CT molecular complexity index is 572. The molecule has 0 radical (unpaired) electrons. The fourth-order valence-electron chi connectivity index (χ4n) is 1.70. The van der Waals surface area contributed by atoms with Crippen LogP contribution in [-0.4, -0.2) is 34.1 Å². The number of nitrogens with one attached hydrogen (secondary N) is 2. The van der Waals surface area contributed by atoms with Gasteiger partial charge in [-0.2, -0.15) is 5.10 Å². The van der Waals surface area contributed by atoms with E-state index in [1.165, 1.54) is 0 Å². The lowest BCUT2D eigenvalue weighted by Crippen LogP contribution is -2.30. The second kappa shape index (κ2) is 6.93. The van der Waals surface area contributed by atoms with Crippen molar-refractivity contribution in [2.75, 3.05) is 18.5 Å². The highest BCUT2D eigenvalue weighted by Crippen LogP contribution is 2.27. The fourth-order valence-corrected chi connectivity index (χ4v) is 1.96. The summed E-state index contributed by atoms with van der Waals surface area (Å²) < 4.78 is 1.59. The Balaban J connectivity index is 2.16. The summed E-state index contributed by atoms with van der Waals surface area (Å²) in [5.74, 6) is 0. The molecule has 0 atom stereocenters. The van der Waals surface area contributed by atoms with Gasteiger partial charge in [0.1, 0.15) is 5.69 Å². The second-order valence-corrected chi connectivity index (χ2v) is 4.45. The molecule has 20 heavy (non-hydrogen) atoms. The highest BCUT2D eigenvalue weighted by molar-refractivity contribution is 6.33. The van der Waals surface area contributed by atoms with Crippen molar-refractivity contribution in [1.29, 1.82) is 0 Å². The number of aliphatic hydroxyl groups is 1. The van der Waals surface area contributed by atoms with Crippen molar-refractivity contribution in [3.8, 4) is 5.69 Å². The Morgan fingerprint density at radius 1 is 1.40 bits per heavy atom. The molecular weight excluding hydrogens is 280 g/mol. The van der Waals surface area contributed by atoms with Crippen molar-refractivity contribution in [1.82, 2.24) is 15.1 Å². The quantitative estimate of drug-likeness (QED) is 0.738. The molecule has 0 aliphatic carbocycles. The summed E-state index contributed by atoms with van der Waals surface area (Å²) in [6.45, 7) is 0.440. The minimum absolute atomic E-state index is 0.0377. The minimum Gasteiger partial charge on any atom is -0.396 e. The van der Waals surface area contributed by atoms with Crippen LogP contribution in [0.1, 0.15) is 6.42 Å². The van der Waals surface area contributed by atoms with Gasteiger partial charge in [-0.3, -0.25) is 0 Å². The topological polar surface area (TPSA) is 79.2 Å². The smallest absolute Gasteiger partial charge is 0.319 e. The number of carbonyl (C=O) groups is 1. The average molecular weight is 295 g/mol. The van der Waals surface area contributed by atoms with E-state index in [-0.39, 0.29) is 12.6 Å². The fraction of sp³-hybridized carbons (Fsp3) is 0.231. The van der Waals surface area contributed by atoms with Crippen LogP contribution >= 0.6 is 11.6 Å². The van der Waals surface area contributed by atoms with Crippen LogP contribution in [0.5, 0.6) is 0 Å². The van der Waals surface area contributed by atoms with E-state index >= 15 is 0 Å². The predicted octanol–water partition coefficient (Wildman–Crippen LogP) is 2.03. The number of para-hydroxylation sites is 1. The summed E-state index contributed by atoms with van der Waals surface area (Å²) in [5, 5.41) is 18.6. The first kappa shape index (κ1) is 14.4. The molecule has 0 bridgehead atoms. The van der Waals surface area contributed by atoms with Gasteiger partial charge < -0.3 is 15.7 Å². The highest BCUT2D eigenvalue weighted by Gasteiger charge is 2.11. The Kier molecular flexibility index (Phi) is 4.97. The zero-order chi connectivity index (χ0) is 14.4. The van der Waals surface area contributed by atoms with E-state index in [4.69, 9.17) is 16.7 Å². The van der Waals surface area contributed by atoms with Crippen molar-refractivity contribution in [2.45, 2.75) is 6.42 Å². The molecule has 1 aromatic heterocycles. The number of urea groups is 1. The number of hydrogen-bond donors (Lipinski definition) is 3. The van der Waals surface area contributed by atoms with Crippen LogP contribution in [0, 0.1) is 0 Å². The monoisotopic (exact) mass is 294 g/mol. The molecule has 0 saturated carbocycles. The normalized spacial score (nSPS) is 10.3. The van der Waals surface area contributed by atoms with Crippen LogP contribution < -0.4 is 10.6 Å². The van der Waals surface area contributed by atoms with E-state index in [9.17, 15) is 4.79 Å². The van der Waals surface area contributed by atoms with Gasteiger partial charge in [0, 0.05) is 25.5 Å². The summed E-state index contributed by atoms with van der Waals surface area (Å²) in [4.78, 5) is 11.7. The maximum absolute atomic E-state index is 11.7. The third kappa shape index (κ3) is 3.49. The molecule has 2 aromatic rings. The van der Waals surface area contributed by atoms with E-state index in [1.54, 1.807) is 41.3 Å². The summed E-state index contributed by atoms with van der Waals surface area (Å²) >= 11 is 6.17. The van der Waals surface area contributed by atoms with E-state index in [0.717, 1.165) is 0 Å². The summed E-state index contributed by atoms with van der Waals surface area (Å²) in [6, 6.07) is 6.64. The third-order valence-corrected chi connectivity index (χ3v) is 2.89. The number of aliphatic hydroxyl groups excluding tert-OH is 1. The van der Waals surface area contributed by atoms with Crippen molar-refractivity contribution in [2.24, 2.45) is 0 Å². The van der Waals surface area contributed by atoms with Crippen molar-refractivity contribution >= 4 is 23.3 Å². The van der Waals surface area contributed by atoms with E-state index in [0.29, 0.717) is 29.4 Å². The Morgan fingerprint density at radius 3 is 2.95 bits per heavy atom. The molecule has 3 N–H and O–H groups in total. The minimum atomic E-state index is -0.353. The molecule has 6 nitrogen and oxygen atoms in total. The number of hydrogen-bond acceptors (Lipinski definition) is 3. The number of benzene rings is 1. The maximum Gasteiger partial charge on any atom is 0.319 e. The highest BCUT2D eigenvalue weighted by atomic mass is 35.5. The molecule has 106 valence electrons. The molecule has 0 saturated heterocycles. The summed E-state index contributed by atoms with van der Waals surface area (Å²) in [6.07, 6.45) is 3.89. The molecular formula is C13H15ClN4O2. The largest absolute Gasteiger partial charge is 0.396 e. The third-order valence-electron chi connectivity index (χ3n) is 2.59. The second-order valence-electron chi connectivity index (χ2n) is 4.04. The van der Waals surface area contributed by atoms with Crippen LogP contribution in [-0.2, 0) is 0 Å². The Hall–Kier alpha value is -2.05. The van der Waals surface area contributed by atoms with Gasteiger partial charge in [-0.05, 0) is 24.6 Å². The van der Waals surface area contributed by atoms with Gasteiger partial charge in [-0.1, -0.05) is 17.7 Å². The molecule has 0 aliphatic heterocycles. The lowest BCUT2D eigenvalue weighted by Gasteiger charge is -2.13. The molecule has 2 rings (SSSR count). The molecule has 0 unspecified atom stereocenters. The van der Waals surface area contributed by atoms with E-state index in [2.05, 4.69) is 15.7 Å². The Labute approximate surface area is 121 Å². The lowest BCUT2D eigenvalue weighted by atomic mass is 10.2. The van der Waals surface area contributed by atoms with Crippen LogP contribution in [0.2, 0.25) is 5.02 Å². The number of amides is 2. The van der Waals surface area contributed by atoms with Gasteiger partial charge in [-0.15, -0.1) is 0 Å². The van der Waals surface area contributed by atoms with Gasteiger partial charge >= 0.3 is 6.03 Å². The summed E-state index contributed by atoms with van der Waals surface area (Å²) in [7, 11) is 0. The first-order chi connectivity index (χ1) is 9.72. The lowest BCUT2D eigenvalue weighted by molar-refractivity contribution is 0.249. The van der Waals surface area contributed by atoms with Crippen molar-refractivity contribution < 1.29 is 9.90 Å². The van der Waals surface area contributed by atoms with Gasteiger partial charge in [0.05, 0.1) is 10.7 Å². The van der Waals surface area contributed by atoms with Gasteiger partial charge in [-0.25, -0.2) is 9.48 Å². The molecule has 0 fully saturated rings. The molecule has 1 heterocycles.